The number of aromatic amines is 1. The van der Waals surface area contributed by atoms with Gasteiger partial charge in [0.2, 0.25) is 0 Å². The van der Waals surface area contributed by atoms with Crippen molar-refractivity contribution in [2.24, 2.45) is 0 Å². The molecule has 0 radical (unpaired) electrons. The lowest BCUT2D eigenvalue weighted by molar-refractivity contribution is 0.628. The number of aromatic nitrogens is 4. The first-order valence-electron chi connectivity index (χ1n) is 8.21. The number of H-pyrrole nitrogens is 1. The molecule has 1 aromatic carbocycles. The van der Waals surface area contributed by atoms with Crippen molar-refractivity contribution in [1.29, 1.82) is 0 Å². The zero-order valence-electron chi connectivity index (χ0n) is 14.4. The lowest BCUT2D eigenvalue weighted by atomic mass is 9.96. The highest BCUT2D eigenvalue weighted by atomic mass is 35.5. The Hall–Kier alpha value is -3.25. The summed E-state index contributed by atoms with van der Waals surface area (Å²) in [6.07, 6.45) is 3.43. The third kappa shape index (κ3) is 3.39. The van der Waals surface area contributed by atoms with E-state index in [-0.39, 0.29) is 5.82 Å². The van der Waals surface area contributed by atoms with Crippen molar-refractivity contribution >= 4 is 17.4 Å². The van der Waals surface area contributed by atoms with Crippen LogP contribution >= 0.6 is 11.6 Å². The molecule has 0 saturated heterocycles. The second-order valence-corrected chi connectivity index (χ2v) is 6.52. The van der Waals surface area contributed by atoms with E-state index in [0.717, 1.165) is 33.5 Å². The molecule has 5 nitrogen and oxygen atoms in total. The number of pyridine rings is 2. The van der Waals surface area contributed by atoms with E-state index >= 15 is 0 Å². The number of hydrogen-bond donors (Lipinski definition) is 2. The van der Waals surface area contributed by atoms with Crippen molar-refractivity contribution in [2.75, 3.05) is 5.73 Å². The van der Waals surface area contributed by atoms with E-state index in [4.69, 9.17) is 17.3 Å². The number of anilines is 1. The molecule has 0 unspecified atom stereocenters. The molecule has 4 rings (SSSR count). The zero-order chi connectivity index (χ0) is 19.0. The van der Waals surface area contributed by atoms with Crippen LogP contribution in [0.15, 0.2) is 54.9 Å². The van der Waals surface area contributed by atoms with Gasteiger partial charge in [0, 0.05) is 34.1 Å². The highest BCUT2D eigenvalue weighted by Crippen LogP contribution is 2.37. The van der Waals surface area contributed by atoms with Gasteiger partial charge in [-0.05, 0) is 55.0 Å². The van der Waals surface area contributed by atoms with Gasteiger partial charge in [-0.2, -0.15) is 5.10 Å². The van der Waals surface area contributed by atoms with E-state index in [1.54, 1.807) is 30.6 Å². The Balaban J connectivity index is 2.00. The van der Waals surface area contributed by atoms with E-state index < -0.39 is 0 Å². The lowest BCUT2D eigenvalue weighted by Gasteiger charge is -2.14. The molecule has 0 aliphatic carbocycles. The molecule has 0 fully saturated rings. The van der Waals surface area contributed by atoms with Gasteiger partial charge in [-0.1, -0.05) is 11.6 Å². The van der Waals surface area contributed by atoms with Gasteiger partial charge in [-0.15, -0.1) is 0 Å². The maximum absolute atomic E-state index is 13.4. The van der Waals surface area contributed by atoms with Crippen LogP contribution in [0.5, 0.6) is 0 Å². The molecule has 0 bridgehead atoms. The highest BCUT2D eigenvalue weighted by Gasteiger charge is 2.16. The fourth-order valence-electron chi connectivity index (χ4n) is 2.99. The molecule has 0 spiro atoms. The quantitative estimate of drug-likeness (QED) is 0.497. The summed E-state index contributed by atoms with van der Waals surface area (Å²) >= 11 is 6.17. The van der Waals surface area contributed by atoms with E-state index in [9.17, 15) is 4.39 Å². The Morgan fingerprint density at radius 1 is 0.963 bits per heavy atom. The van der Waals surface area contributed by atoms with E-state index in [2.05, 4.69) is 20.2 Å². The molecule has 0 saturated carbocycles. The van der Waals surface area contributed by atoms with Gasteiger partial charge >= 0.3 is 0 Å². The predicted octanol–water partition coefficient (Wildman–Crippen LogP) is 4.88. The van der Waals surface area contributed by atoms with Gasteiger partial charge in [0.25, 0.3) is 0 Å². The molecule has 0 aliphatic heterocycles. The van der Waals surface area contributed by atoms with Crippen LogP contribution < -0.4 is 5.73 Å². The first kappa shape index (κ1) is 17.2. The maximum atomic E-state index is 13.4. The van der Waals surface area contributed by atoms with Crippen molar-refractivity contribution in [3.05, 3.63) is 71.5 Å². The van der Waals surface area contributed by atoms with Crippen molar-refractivity contribution < 1.29 is 4.39 Å². The number of nitrogens with two attached hydrogens (primary N) is 1. The van der Waals surface area contributed by atoms with Gasteiger partial charge < -0.3 is 5.73 Å². The first-order valence-corrected chi connectivity index (χ1v) is 8.59. The van der Waals surface area contributed by atoms with E-state index in [0.29, 0.717) is 16.7 Å². The molecular weight excluding hydrogens is 365 g/mol. The number of benzene rings is 1. The minimum Gasteiger partial charge on any atom is -0.383 e. The Labute approximate surface area is 160 Å². The number of nitrogens with zero attached hydrogens (tertiary/aromatic N) is 3. The summed E-state index contributed by atoms with van der Waals surface area (Å²) in [5.41, 5.74) is 11.6. The van der Waals surface area contributed by atoms with Gasteiger partial charge in [-0.3, -0.25) is 5.10 Å². The third-order valence-electron chi connectivity index (χ3n) is 4.21. The minimum atomic E-state index is -0.314. The van der Waals surface area contributed by atoms with Crippen LogP contribution in [0.1, 0.15) is 5.69 Å². The van der Waals surface area contributed by atoms with Crippen molar-refractivity contribution in [1.82, 2.24) is 20.2 Å². The molecular formula is C20H15ClFN5. The summed E-state index contributed by atoms with van der Waals surface area (Å²) in [5, 5.41) is 7.14. The molecule has 3 N–H and O–H groups in total. The smallest absolute Gasteiger partial charge is 0.132 e. The summed E-state index contributed by atoms with van der Waals surface area (Å²) in [6, 6.07) is 11.8. The molecule has 134 valence electrons. The Morgan fingerprint density at radius 3 is 2.41 bits per heavy atom. The van der Waals surface area contributed by atoms with E-state index in [1.807, 2.05) is 19.1 Å². The zero-order valence-corrected chi connectivity index (χ0v) is 15.1. The van der Waals surface area contributed by atoms with Crippen LogP contribution in [0.25, 0.3) is 33.5 Å². The Morgan fingerprint density at radius 2 is 1.74 bits per heavy atom. The normalized spacial score (nSPS) is 10.9. The van der Waals surface area contributed by atoms with Crippen LogP contribution in [0.4, 0.5) is 10.2 Å². The van der Waals surface area contributed by atoms with E-state index in [1.165, 1.54) is 12.1 Å². The molecule has 27 heavy (non-hydrogen) atoms. The topological polar surface area (TPSA) is 80.5 Å². The van der Waals surface area contributed by atoms with Gasteiger partial charge in [0.05, 0.1) is 11.9 Å². The lowest BCUT2D eigenvalue weighted by Crippen LogP contribution is -1.99. The maximum Gasteiger partial charge on any atom is 0.132 e. The summed E-state index contributed by atoms with van der Waals surface area (Å²) in [4.78, 5) is 8.83. The van der Waals surface area contributed by atoms with Gasteiger partial charge in [0.15, 0.2) is 0 Å². The number of nitrogen functional groups attached to an aromatic ring is 1. The molecule has 0 aliphatic rings. The van der Waals surface area contributed by atoms with Gasteiger partial charge in [0.1, 0.15) is 16.8 Å². The van der Waals surface area contributed by atoms with Crippen molar-refractivity contribution in [3.63, 3.8) is 0 Å². The fourth-order valence-corrected chi connectivity index (χ4v) is 3.24. The minimum absolute atomic E-state index is 0.314. The van der Waals surface area contributed by atoms with Gasteiger partial charge in [-0.25, -0.2) is 14.4 Å². The van der Waals surface area contributed by atoms with Crippen molar-refractivity contribution in [2.45, 2.75) is 6.92 Å². The second kappa shape index (κ2) is 6.81. The molecule has 3 heterocycles. The number of hydrogen-bond acceptors (Lipinski definition) is 4. The van der Waals surface area contributed by atoms with Crippen LogP contribution in [0.2, 0.25) is 5.15 Å². The van der Waals surface area contributed by atoms with Crippen molar-refractivity contribution in [3.8, 4) is 33.5 Å². The van der Waals surface area contributed by atoms with Crippen LogP contribution in [0.3, 0.4) is 0 Å². The molecule has 4 aromatic rings. The number of aryl methyl sites for hydroxylation is 1. The highest BCUT2D eigenvalue weighted by molar-refractivity contribution is 6.29. The number of halogens is 2. The third-order valence-corrected chi connectivity index (χ3v) is 4.41. The largest absolute Gasteiger partial charge is 0.383 e. The monoisotopic (exact) mass is 379 g/mol. The van der Waals surface area contributed by atoms with Crippen LogP contribution in [-0.2, 0) is 0 Å². The number of nitrogens with one attached hydrogen (secondary N) is 1. The summed E-state index contributed by atoms with van der Waals surface area (Å²) in [7, 11) is 0. The summed E-state index contributed by atoms with van der Waals surface area (Å²) in [5.74, 6) is 0.0439. The SMILES string of the molecule is Cc1cc(-c2cc(-c3cn[nH]c3)c(N)nc2-c2ccc(F)cc2)cc(Cl)n1. The molecule has 3 aromatic heterocycles. The summed E-state index contributed by atoms with van der Waals surface area (Å²) < 4.78 is 13.4. The molecule has 0 amide bonds. The summed E-state index contributed by atoms with van der Waals surface area (Å²) in [6.45, 7) is 1.87. The Bertz CT molecular complexity index is 1090. The Kier molecular flexibility index (Phi) is 4.33. The predicted molar refractivity (Wildman–Crippen MR) is 105 cm³/mol. The average molecular weight is 380 g/mol. The standard InChI is InChI=1S/C20H15ClFN5/c1-11-6-13(7-18(21)26-11)16-8-17(14-9-24-25-10-14)20(23)27-19(16)12-2-4-15(22)5-3-12/h2-10H,1H3,(H2,23,27)(H,24,25). The second-order valence-electron chi connectivity index (χ2n) is 6.13. The first-order chi connectivity index (χ1) is 13.0. The number of rotatable bonds is 3. The van der Waals surface area contributed by atoms with Crippen LogP contribution in [-0.4, -0.2) is 20.2 Å². The molecule has 7 heteroatoms. The fraction of sp³-hybridized carbons (Fsp3) is 0.0500. The van der Waals surface area contributed by atoms with Crippen LogP contribution in [0, 0.1) is 12.7 Å². The molecule has 0 atom stereocenters. The average Bonchev–Trinajstić information content (AvgIpc) is 3.15.